The molecule has 3 heterocycles. The molecular weight excluding hydrogens is 470 g/mol. The highest BCUT2D eigenvalue weighted by Gasteiger charge is 2.37. The Kier molecular flexibility index (Phi) is 6.47. The molecule has 1 fully saturated rings. The van der Waals surface area contributed by atoms with E-state index in [1.807, 2.05) is 18.2 Å². The molecule has 0 aliphatic carbocycles. The molecule has 0 spiro atoms. The molecule has 8 nitrogen and oxygen atoms in total. The van der Waals surface area contributed by atoms with Gasteiger partial charge in [-0.3, -0.25) is 14.4 Å². The maximum atomic E-state index is 13.3. The van der Waals surface area contributed by atoms with Crippen molar-refractivity contribution in [3.63, 3.8) is 0 Å². The molecule has 0 radical (unpaired) electrons. The number of rotatable bonds is 5. The SMILES string of the molecule is CNC(=O)[C@H](C)NC(=O)c1csc([C@@H]2C[C@@H](N)CN2C(=O)c2cc3ccc(Cl)cc3s2)n1. The van der Waals surface area contributed by atoms with Crippen molar-refractivity contribution in [1.29, 1.82) is 0 Å². The topological polar surface area (TPSA) is 117 Å². The van der Waals surface area contributed by atoms with Crippen LogP contribution >= 0.6 is 34.3 Å². The number of likely N-dealkylation sites (tertiary alicyclic amines) is 1. The van der Waals surface area contributed by atoms with Crippen molar-refractivity contribution in [2.24, 2.45) is 5.73 Å². The molecule has 3 amide bonds. The fourth-order valence-electron chi connectivity index (χ4n) is 3.68. The molecule has 1 aliphatic heterocycles. The number of aromatic nitrogens is 1. The molecule has 1 aliphatic rings. The average Bonchev–Trinajstić information content (AvgIpc) is 3.49. The number of benzene rings is 1. The van der Waals surface area contributed by atoms with Crippen LogP contribution in [0.3, 0.4) is 0 Å². The highest BCUT2D eigenvalue weighted by molar-refractivity contribution is 7.20. The van der Waals surface area contributed by atoms with Crippen LogP contribution < -0.4 is 16.4 Å². The Balaban J connectivity index is 1.54. The predicted molar refractivity (Wildman–Crippen MR) is 126 cm³/mol. The third kappa shape index (κ3) is 4.49. The third-order valence-corrected chi connectivity index (χ3v) is 7.58. The Hall–Kier alpha value is -2.53. The zero-order chi connectivity index (χ0) is 23.0. The predicted octanol–water partition coefficient (Wildman–Crippen LogP) is 2.79. The zero-order valence-electron chi connectivity index (χ0n) is 17.4. The first-order chi connectivity index (χ1) is 15.3. The molecule has 3 aromatic rings. The summed E-state index contributed by atoms with van der Waals surface area (Å²) in [6.07, 6.45) is 0.561. The van der Waals surface area contributed by atoms with Crippen LogP contribution in [0.2, 0.25) is 5.02 Å². The molecule has 1 aromatic carbocycles. The number of nitrogens with two attached hydrogens (primary N) is 1. The molecule has 4 rings (SSSR count). The lowest BCUT2D eigenvalue weighted by Crippen LogP contribution is -2.43. The molecule has 32 heavy (non-hydrogen) atoms. The second kappa shape index (κ2) is 9.14. The van der Waals surface area contributed by atoms with Crippen LogP contribution in [0, 0.1) is 0 Å². The highest BCUT2D eigenvalue weighted by atomic mass is 35.5. The quantitative estimate of drug-likeness (QED) is 0.507. The Morgan fingerprint density at radius 3 is 2.84 bits per heavy atom. The summed E-state index contributed by atoms with van der Waals surface area (Å²) in [5.74, 6) is -0.850. The molecule has 0 bridgehead atoms. The van der Waals surface area contributed by atoms with Crippen LogP contribution in [0.5, 0.6) is 0 Å². The minimum absolute atomic E-state index is 0.116. The molecule has 0 saturated carbocycles. The number of nitrogens with zero attached hydrogens (tertiary/aromatic N) is 2. The summed E-state index contributed by atoms with van der Waals surface area (Å²) in [7, 11) is 1.51. The number of carbonyl (C=O) groups is 3. The number of nitrogens with one attached hydrogen (secondary N) is 2. The third-order valence-electron chi connectivity index (χ3n) is 5.31. The second-order valence-corrected chi connectivity index (χ2v) is 10.1. The van der Waals surface area contributed by atoms with Crippen LogP contribution in [-0.4, -0.2) is 53.3 Å². The highest BCUT2D eigenvalue weighted by Crippen LogP contribution is 2.36. The van der Waals surface area contributed by atoms with Crippen molar-refractivity contribution >= 4 is 62.1 Å². The Labute approximate surface area is 197 Å². The van der Waals surface area contributed by atoms with Crippen molar-refractivity contribution in [3.8, 4) is 0 Å². The van der Waals surface area contributed by atoms with Crippen molar-refractivity contribution in [2.75, 3.05) is 13.6 Å². The number of carbonyl (C=O) groups excluding carboxylic acids is 3. The van der Waals surface area contributed by atoms with Gasteiger partial charge in [0.15, 0.2) is 0 Å². The molecule has 2 aromatic heterocycles. The lowest BCUT2D eigenvalue weighted by Gasteiger charge is -2.22. The monoisotopic (exact) mass is 491 g/mol. The molecule has 1 saturated heterocycles. The van der Waals surface area contributed by atoms with Gasteiger partial charge in [0, 0.05) is 34.7 Å². The average molecular weight is 492 g/mol. The van der Waals surface area contributed by atoms with E-state index in [0.29, 0.717) is 27.9 Å². The first-order valence-corrected chi connectivity index (χ1v) is 12.1. The number of thiophene rings is 1. The fourth-order valence-corrected chi connectivity index (χ4v) is 5.90. The summed E-state index contributed by atoms with van der Waals surface area (Å²) in [6, 6.07) is 6.22. The van der Waals surface area contributed by atoms with Crippen LogP contribution in [0.1, 0.15) is 44.6 Å². The molecule has 11 heteroatoms. The van der Waals surface area contributed by atoms with Gasteiger partial charge in [0.2, 0.25) is 5.91 Å². The number of amides is 3. The van der Waals surface area contributed by atoms with E-state index in [2.05, 4.69) is 15.6 Å². The normalized spacial score (nSPS) is 19.2. The van der Waals surface area contributed by atoms with Gasteiger partial charge < -0.3 is 21.3 Å². The van der Waals surface area contributed by atoms with Crippen molar-refractivity contribution in [1.82, 2.24) is 20.5 Å². The number of fused-ring (bicyclic) bond motifs is 1. The van der Waals surface area contributed by atoms with Gasteiger partial charge in [-0.25, -0.2) is 4.98 Å². The molecule has 168 valence electrons. The maximum absolute atomic E-state index is 13.3. The Bertz CT molecular complexity index is 1190. The van der Waals surface area contributed by atoms with E-state index in [0.717, 1.165) is 10.1 Å². The second-order valence-electron chi connectivity index (χ2n) is 7.64. The van der Waals surface area contributed by atoms with Gasteiger partial charge in [0.25, 0.3) is 11.8 Å². The smallest absolute Gasteiger partial charge is 0.271 e. The molecule has 3 atom stereocenters. The summed E-state index contributed by atoms with van der Waals surface area (Å²) < 4.78 is 0.944. The zero-order valence-corrected chi connectivity index (χ0v) is 19.8. The van der Waals surface area contributed by atoms with Gasteiger partial charge in [0.05, 0.1) is 10.9 Å². The van der Waals surface area contributed by atoms with E-state index in [1.165, 1.54) is 29.7 Å². The van der Waals surface area contributed by atoms with Gasteiger partial charge in [-0.15, -0.1) is 22.7 Å². The molecule has 4 N–H and O–H groups in total. The van der Waals surface area contributed by atoms with E-state index in [4.69, 9.17) is 17.3 Å². The van der Waals surface area contributed by atoms with Crippen LogP contribution in [0.4, 0.5) is 0 Å². The van der Waals surface area contributed by atoms with E-state index in [9.17, 15) is 14.4 Å². The first kappa shape index (κ1) is 22.7. The number of halogens is 1. The number of hydrogen-bond acceptors (Lipinski definition) is 7. The van der Waals surface area contributed by atoms with Crippen LogP contribution in [0.25, 0.3) is 10.1 Å². The van der Waals surface area contributed by atoms with E-state index in [1.54, 1.807) is 23.3 Å². The van der Waals surface area contributed by atoms with E-state index in [-0.39, 0.29) is 29.6 Å². The van der Waals surface area contributed by atoms with Crippen LogP contribution in [0.15, 0.2) is 29.6 Å². The number of thiazole rings is 1. The number of likely N-dealkylation sites (N-methyl/N-ethyl adjacent to an activating group) is 1. The minimum Gasteiger partial charge on any atom is -0.357 e. The largest absolute Gasteiger partial charge is 0.357 e. The van der Waals surface area contributed by atoms with Gasteiger partial charge in [0.1, 0.15) is 16.7 Å². The van der Waals surface area contributed by atoms with Gasteiger partial charge in [-0.05, 0) is 36.9 Å². The lowest BCUT2D eigenvalue weighted by atomic mass is 10.2. The van der Waals surface area contributed by atoms with Gasteiger partial charge in [-0.2, -0.15) is 0 Å². The summed E-state index contributed by atoms with van der Waals surface area (Å²) in [5.41, 5.74) is 6.40. The Morgan fingerprint density at radius 1 is 1.31 bits per heavy atom. The summed E-state index contributed by atoms with van der Waals surface area (Å²) in [6.45, 7) is 2.01. The van der Waals surface area contributed by atoms with E-state index < -0.39 is 11.9 Å². The Morgan fingerprint density at radius 2 is 2.09 bits per heavy atom. The van der Waals surface area contributed by atoms with Crippen LogP contribution in [-0.2, 0) is 4.79 Å². The summed E-state index contributed by atoms with van der Waals surface area (Å²) in [4.78, 5) is 44.2. The molecule has 0 unspecified atom stereocenters. The standard InChI is InChI=1S/C21H22ClN5O3S2/c1-10(18(28)24-2)25-19(29)14-9-31-20(26-14)15-7-13(23)8-27(15)21(30)17-5-11-3-4-12(22)6-16(11)32-17/h3-6,9-10,13,15H,7-8,23H2,1-2H3,(H,24,28)(H,25,29)/t10-,13+,15-/m0/s1. The summed E-state index contributed by atoms with van der Waals surface area (Å²) >= 11 is 8.77. The van der Waals surface area contributed by atoms with Crippen molar-refractivity contribution in [3.05, 3.63) is 50.2 Å². The maximum Gasteiger partial charge on any atom is 0.271 e. The minimum atomic E-state index is -0.683. The van der Waals surface area contributed by atoms with E-state index >= 15 is 0 Å². The first-order valence-electron chi connectivity index (χ1n) is 10.0. The van der Waals surface area contributed by atoms with Crippen molar-refractivity contribution < 1.29 is 14.4 Å². The van der Waals surface area contributed by atoms with Gasteiger partial charge in [-0.1, -0.05) is 17.7 Å². The van der Waals surface area contributed by atoms with Crippen molar-refractivity contribution in [2.45, 2.75) is 31.5 Å². The fraction of sp³-hybridized carbons (Fsp3) is 0.333. The lowest BCUT2D eigenvalue weighted by molar-refractivity contribution is -0.122. The molecular formula is C21H22ClN5O3S2. The summed E-state index contributed by atoms with van der Waals surface area (Å²) in [5, 5.41) is 8.97. The van der Waals surface area contributed by atoms with Gasteiger partial charge >= 0.3 is 0 Å². The number of hydrogen-bond donors (Lipinski definition) is 3.